The van der Waals surface area contributed by atoms with Crippen LogP contribution in [0.2, 0.25) is 0 Å². The third kappa shape index (κ3) is 4.06. The number of hydrogen-bond acceptors (Lipinski definition) is 2. The van der Waals surface area contributed by atoms with Crippen molar-refractivity contribution in [3.63, 3.8) is 0 Å². The summed E-state index contributed by atoms with van der Waals surface area (Å²) in [6, 6.07) is 10.9. The largest absolute Gasteiger partial charge is 0.348 e. The Morgan fingerprint density at radius 1 is 1.15 bits per heavy atom. The summed E-state index contributed by atoms with van der Waals surface area (Å²) in [5.74, 6) is 0.319. The molecule has 1 heterocycles. The van der Waals surface area contributed by atoms with E-state index in [4.69, 9.17) is 0 Å². The summed E-state index contributed by atoms with van der Waals surface area (Å²) < 4.78 is 2.21. The van der Waals surface area contributed by atoms with Gasteiger partial charge in [0.25, 0.3) is 5.91 Å². The number of carbonyl (C=O) groups is 1. The molecule has 0 atom stereocenters. The predicted octanol–water partition coefficient (Wildman–Crippen LogP) is 4.55. The summed E-state index contributed by atoms with van der Waals surface area (Å²) in [5.41, 5.74) is 2.59. The van der Waals surface area contributed by atoms with Gasteiger partial charge < -0.3 is 9.88 Å². The Balaban J connectivity index is 1.93. The second-order valence-corrected chi connectivity index (χ2v) is 7.25. The Labute approximate surface area is 155 Å². The number of aryl methyl sites for hydroxylation is 1. The molecule has 1 aromatic heterocycles. The average Bonchev–Trinajstić information content (AvgIpc) is 2.65. The quantitative estimate of drug-likeness (QED) is 0.858. The van der Waals surface area contributed by atoms with Crippen molar-refractivity contribution < 1.29 is 4.79 Å². The fraction of sp³-hybridized carbons (Fsp3) is 0.455. The van der Waals surface area contributed by atoms with Crippen LogP contribution in [-0.2, 0) is 13.0 Å². The first-order valence-electron chi connectivity index (χ1n) is 9.70. The Morgan fingerprint density at radius 2 is 1.85 bits per heavy atom. The van der Waals surface area contributed by atoms with Crippen molar-refractivity contribution in [2.24, 2.45) is 5.92 Å². The van der Waals surface area contributed by atoms with Gasteiger partial charge in [-0.15, -0.1) is 0 Å². The number of amides is 1. The van der Waals surface area contributed by atoms with Crippen molar-refractivity contribution in [1.29, 1.82) is 0 Å². The minimum absolute atomic E-state index is 0.187. The molecule has 0 bridgehead atoms. The number of rotatable bonds is 5. The zero-order valence-corrected chi connectivity index (χ0v) is 15.8. The van der Waals surface area contributed by atoms with Crippen LogP contribution in [0.15, 0.2) is 41.2 Å². The normalized spacial score (nSPS) is 15.0. The number of anilines is 1. The first-order chi connectivity index (χ1) is 12.6. The van der Waals surface area contributed by atoms with Gasteiger partial charge in [0.05, 0.1) is 0 Å². The van der Waals surface area contributed by atoms with E-state index in [1.165, 1.54) is 32.1 Å². The minimum atomic E-state index is -0.321. The number of para-hydroxylation sites is 1. The molecule has 138 valence electrons. The lowest BCUT2D eigenvalue weighted by atomic mass is 9.89. The number of pyridine rings is 1. The van der Waals surface area contributed by atoms with Crippen molar-refractivity contribution in [3.05, 3.63) is 63.6 Å². The molecule has 0 spiro atoms. The van der Waals surface area contributed by atoms with Crippen LogP contribution in [0.3, 0.4) is 0 Å². The highest BCUT2D eigenvalue weighted by Crippen LogP contribution is 2.26. The fourth-order valence-corrected chi connectivity index (χ4v) is 4.00. The second-order valence-electron chi connectivity index (χ2n) is 7.25. The maximum absolute atomic E-state index is 12.8. The Kier molecular flexibility index (Phi) is 5.92. The molecule has 1 N–H and O–H groups in total. The molecule has 1 aliphatic carbocycles. The van der Waals surface area contributed by atoms with Gasteiger partial charge in [0.15, 0.2) is 5.43 Å². The van der Waals surface area contributed by atoms with Crippen LogP contribution >= 0.6 is 0 Å². The van der Waals surface area contributed by atoms with E-state index in [0.717, 1.165) is 24.4 Å². The van der Waals surface area contributed by atoms with Gasteiger partial charge in [0, 0.05) is 29.7 Å². The molecule has 0 saturated heterocycles. The summed E-state index contributed by atoms with van der Waals surface area (Å²) in [6.45, 7) is 4.87. The van der Waals surface area contributed by atoms with Gasteiger partial charge in [-0.25, -0.2) is 0 Å². The van der Waals surface area contributed by atoms with E-state index in [9.17, 15) is 9.59 Å². The van der Waals surface area contributed by atoms with Gasteiger partial charge in [-0.1, -0.05) is 44.4 Å². The van der Waals surface area contributed by atoms with Crippen molar-refractivity contribution in [1.82, 2.24) is 4.57 Å². The standard InChI is InChI=1S/C22H28N2O2/c1-3-19-14-20(25)21(22(26)23-18-12-8-5-9-13-18)16(2)24(19)15-17-10-6-4-7-11-17/h5,8-9,12-14,17H,3-4,6-7,10-11,15H2,1-2H3,(H,23,26). The van der Waals surface area contributed by atoms with Crippen LogP contribution in [0.5, 0.6) is 0 Å². The van der Waals surface area contributed by atoms with Gasteiger partial charge in [0.2, 0.25) is 0 Å². The molecule has 1 fully saturated rings. The molecule has 26 heavy (non-hydrogen) atoms. The van der Waals surface area contributed by atoms with E-state index < -0.39 is 0 Å². The summed E-state index contributed by atoms with van der Waals surface area (Å²) in [5, 5.41) is 2.86. The molecule has 1 amide bonds. The Bertz CT molecular complexity index is 818. The number of carbonyl (C=O) groups excluding carboxylic acids is 1. The molecule has 0 unspecified atom stereocenters. The molecule has 0 aliphatic heterocycles. The molecule has 0 radical (unpaired) electrons. The van der Waals surface area contributed by atoms with E-state index in [-0.39, 0.29) is 16.9 Å². The number of benzene rings is 1. The lowest BCUT2D eigenvalue weighted by molar-refractivity contribution is 0.102. The minimum Gasteiger partial charge on any atom is -0.348 e. The van der Waals surface area contributed by atoms with Crippen LogP contribution in [0.25, 0.3) is 0 Å². The van der Waals surface area contributed by atoms with Gasteiger partial charge in [-0.3, -0.25) is 9.59 Å². The maximum Gasteiger partial charge on any atom is 0.261 e. The van der Waals surface area contributed by atoms with Crippen molar-refractivity contribution in [3.8, 4) is 0 Å². The van der Waals surface area contributed by atoms with Crippen molar-refractivity contribution in [2.45, 2.75) is 58.9 Å². The van der Waals surface area contributed by atoms with E-state index in [1.807, 2.05) is 37.3 Å². The van der Waals surface area contributed by atoms with E-state index in [2.05, 4.69) is 16.8 Å². The first kappa shape index (κ1) is 18.4. The summed E-state index contributed by atoms with van der Waals surface area (Å²) >= 11 is 0. The van der Waals surface area contributed by atoms with Gasteiger partial charge in [-0.05, 0) is 44.2 Å². The average molecular weight is 352 g/mol. The van der Waals surface area contributed by atoms with Crippen LogP contribution in [0.1, 0.15) is 60.8 Å². The first-order valence-corrected chi connectivity index (χ1v) is 9.70. The molecular weight excluding hydrogens is 324 g/mol. The maximum atomic E-state index is 12.8. The molecule has 4 heteroatoms. The molecule has 3 rings (SSSR count). The molecular formula is C22H28N2O2. The highest BCUT2D eigenvalue weighted by molar-refractivity contribution is 6.04. The van der Waals surface area contributed by atoms with Gasteiger partial charge in [0.1, 0.15) is 5.56 Å². The zero-order valence-electron chi connectivity index (χ0n) is 15.8. The number of aromatic nitrogens is 1. The highest BCUT2D eigenvalue weighted by atomic mass is 16.2. The number of nitrogens with zero attached hydrogens (tertiary/aromatic N) is 1. The third-order valence-corrected chi connectivity index (χ3v) is 5.44. The zero-order chi connectivity index (χ0) is 18.5. The molecule has 1 aliphatic rings. The van der Waals surface area contributed by atoms with Gasteiger partial charge >= 0.3 is 0 Å². The third-order valence-electron chi connectivity index (χ3n) is 5.44. The second kappa shape index (κ2) is 8.35. The topological polar surface area (TPSA) is 51.1 Å². The van der Waals surface area contributed by atoms with Crippen LogP contribution in [0.4, 0.5) is 5.69 Å². The lowest BCUT2D eigenvalue weighted by Crippen LogP contribution is -2.29. The summed E-state index contributed by atoms with van der Waals surface area (Å²) in [7, 11) is 0. The summed E-state index contributed by atoms with van der Waals surface area (Å²) in [4.78, 5) is 25.4. The number of nitrogens with one attached hydrogen (secondary N) is 1. The number of hydrogen-bond donors (Lipinski definition) is 1. The van der Waals surface area contributed by atoms with Crippen LogP contribution in [-0.4, -0.2) is 10.5 Å². The SMILES string of the molecule is CCc1cc(=O)c(C(=O)Nc2ccccc2)c(C)n1CC1CCCCC1. The Hall–Kier alpha value is -2.36. The van der Waals surface area contributed by atoms with E-state index in [0.29, 0.717) is 11.6 Å². The monoisotopic (exact) mass is 352 g/mol. The van der Waals surface area contributed by atoms with Crippen molar-refractivity contribution >= 4 is 11.6 Å². The molecule has 4 nitrogen and oxygen atoms in total. The molecule has 1 aromatic carbocycles. The Morgan fingerprint density at radius 3 is 2.50 bits per heavy atom. The fourth-order valence-electron chi connectivity index (χ4n) is 4.00. The van der Waals surface area contributed by atoms with Crippen molar-refractivity contribution in [2.75, 3.05) is 5.32 Å². The van der Waals surface area contributed by atoms with Crippen LogP contribution < -0.4 is 10.7 Å². The van der Waals surface area contributed by atoms with E-state index >= 15 is 0 Å². The molecule has 2 aromatic rings. The summed E-state index contributed by atoms with van der Waals surface area (Å²) in [6.07, 6.45) is 7.16. The highest BCUT2D eigenvalue weighted by Gasteiger charge is 2.21. The van der Waals surface area contributed by atoms with Gasteiger partial charge in [-0.2, -0.15) is 0 Å². The smallest absolute Gasteiger partial charge is 0.261 e. The predicted molar refractivity (Wildman–Crippen MR) is 106 cm³/mol. The molecule has 1 saturated carbocycles. The van der Waals surface area contributed by atoms with Crippen LogP contribution in [0, 0.1) is 12.8 Å². The van der Waals surface area contributed by atoms with E-state index in [1.54, 1.807) is 6.07 Å². The lowest BCUT2D eigenvalue weighted by Gasteiger charge is -2.26.